The van der Waals surface area contributed by atoms with Crippen LogP contribution in [0.15, 0.2) is 23.6 Å². The van der Waals surface area contributed by atoms with Crippen LogP contribution < -0.4 is 21.1 Å². The van der Waals surface area contributed by atoms with E-state index in [1.54, 1.807) is 23.6 Å². The standard InChI is InChI=1S/C13H14N4O3S/c1-7(18)15-8-3-4-11(20-2)9(5-8)16-12(19)10-6-21-13(14)17-10/h3-6H,1-2H3,(H2,14,17)(H,15,18)(H,16,19). The zero-order valence-corrected chi connectivity index (χ0v) is 12.3. The molecule has 1 heterocycles. The normalized spacial score (nSPS) is 10.0. The smallest absolute Gasteiger partial charge is 0.275 e. The van der Waals surface area contributed by atoms with E-state index in [1.165, 1.54) is 25.4 Å². The van der Waals surface area contributed by atoms with Crippen LogP contribution in [-0.2, 0) is 4.79 Å². The molecule has 0 aliphatic rings. The van der Waals surface area contributed by atoms with Gasteiger partial charge in [0.2, 0.25) is 5.91 Å². The first kappa shape index (κ1) is 14.8. The minimum Gasteiger partial charge on any atom is -0.495 e. The van der Waals surface area contributed by atoms with E-state index in [0.29, 0.717) is 22.3 Å². The average molecular weight is 306 g/mol. The number of methoxy groups -OCH3 is 1. The summed E-state index contributed by atoms with van der Waals surface area (Å²) in [5, 5.41) is 7.20. The largest absolute Gasteiger partial charge is 0.495 e. The third-order valence-corrected chi connectivity index (χ3v) is 3.20. The van der Waals surface area contributed by atoms with Gasteiger partial charge in [0.05, 0.1) is 12.8 Å². The van der Waals surface area contributed by atoms with E-state index < -0.39 is 5.91 Å². The van der Waals surface area contributed by atoms with Gasteiger partial charge in [0, 0.05) is 18.0 Å². The molecule has 21 heavy (non-hydrogen) atoms. The van der Waals surface area contributed by atoms with E-state index in [4.69, 9.17) is 10.5 Å². The Morgan fingerprint density at radius 2 is 2.10 bits per heavy atom. The fourth-order valence-electron chi connectivity index (χ4n) is 1.66. The number of benzene rings is 1. The summed E-state index contributed by atoms with van der Waals surface area (Å²) in [4.78, 5) is 27.0. The first-order chi connectivity index (χ1) is 9.99. The van der Waals surface area contributed by atoms with Crippen molar-refractivity contribution in [1.29, 1.82) is 0 Å². The molecule has 4 N–H and O–H groups in total. The maximum atomic E-state index is 12.1. The predicted molar refractivity (Wildman–Crippen MR) is 81.8 cm³/mol. The summed E-state index contributed by atoms with van der Waals surface area (Å²) in [6.07, 6.45) is 0. The molecule has 0 saturated heterocycles. The number of nitrogens with one attached hydrogen (secondary N) is 2. The molecule has 110 valence electrons. The summed E-state index contributed by atoms with van der Waals surface area (Å²) in [6, 6.07) is 4.93. The molecule has 7 nitrogen and oxygen atoms in total. The number of ether oxygens (including phenoxy) is 1. The number of carbonyl (C=O) groups is 2. The summed E-state index contributed by atoms with van der Waals surface area (Å²) < 4.78 is 5.18. The molecule has 2 rings (SSSR count). The predicted octanol–water partition coefficient (Wildman–Crippen LogP) is 1.94. The maximum absolute atomic E-state index is 12.1. The van der Waals surface area contributed by atoms with E-state index >= 15 is 0 Å². The lowest BCUT2D eigenvalue weighted by atomic mass is 10.2. The highest BCUT2D eigenvalue weighted by Gasteiger charge is 2.13. The first-order valence-electron chi connectivity index (χ1n) is 5.97. The molecule has 0 atom stereocenters. The number of hydrogen-bond acceptors (Lipinski definition) is 6. The number of anilines is 3. The number of aromatic nitrogens is 1. The first-order valence-corrected chi connectivity index (χ1v) is 6.85. The fraction of sp³-hybridized carbons (Fsp3) is 0.154. The molecule has 0 aliphatic heterocycles. The molecular formula is C13H14N4O3S. The van der Waals surface area contributed by atoms with Crippen molar-refractivity contribution in [2.24, 2.45) is 0 Å². The van der Waals surface area contributed by atoms with Crippen molar-refractivity contribution in [2.45, 2.75) is 6.92 Å². The molecule has 1 aromatic carbocycles. The van der Waals surface area contributed by atoms with Gasteiger partial charge in [-0.05, 0) is 18.2 Å². The third-order valence-electron chi connectivity index (χ3n) is 2.52. The number of nitrogens with two attached hydrogens (primary N) is 1. The van der Waals surface area contributed by atoms with Crippen LogP contribution >= 0.6 is 11.3 Å². The minimum absolute atomic E-state index is 0.204. The van der Waals surface area contributed by atoms with Gasteiger partial charge in [-0.25, -0.2) is 4.98 Å². The Morgan fingerprint density at radius 1 is 1.33 bits per heavy atom. The molecule has 1 aromatic heterocycles. The van der Waals surface area contributed by atoms with Crippen LogP contribution in [0.5, 0.6) is 5.75 Å². The number of amides is 2. The van der Waals surface area contributed by atoms with Gasteiger partial charge in [-0.15, -0.1) is 11.3 Å². The van der Waals surface area contributed by atoms with Crippen LogP contribution in [0.25, 0.3) is 0 Å². The van der Waals surface area contributed by atoms with Crippen LogP contribution in [-0.4, -0.2) is 23.9 Å². The second-order valence-corrected chi connectivity index (χ2v) is 5.01. The van der Waals surface area contributed by atoms with Crippen molar-refractivity contribution in [1.82, 2.24) is 4.98 Å². The van der Waals surface area contributed by atoms with Crippen molar-refractivity contribution < 1.29 is 14.3 Å². The lowest BCUT2D eigenvalue weighted by Crippen LogP contribution is -2.14. The number of nitrogen functional groups attached to an aromatic ring is 1. The summed E-state index contributed by atoms with van der Waals surface area (Å²) in [5.74, 6) is -0.133. The van der Waals surface area contributed by atoms with Gasteiger partial charge >= 0.3 is 0 Å². The van der Waals surface area contributed by atoms with Gasteiger partial charge in [-0.1, -0.05) is 0 Å². The van der Waals surface area contributed by atoms with Crippen molar-refractivity contribution >= 4 is 39.7 Å². The Bertz CT molecular complexity index is 684. The Kier molecular flexibility index (Phi) is 4.39. The summed E-state index contributed by atoms with van der Waals surface area (Å²) in [7, 11) is 1.49. The zero-order chi connectivity index (χ0) is 15.4. The van der Waals surface area contributed by atoms with Crippen molar-refractivity contribution in [3.8, 4) is 5.75 Å². The summed E-state index contributed by atoms with van der Waals surface area (Å²) in [5.41, 5.74) is 6.71. The second-order valence-electron chi connectivity index (χ2n) is 4.12. The lowest BCUT2D eigenvalue weighted by Gasteiger charge is -2.11. The number of carbonyl (C=O) groups excluding carboxylic acids is 2. The number of hydrogen-bond donors (Lipinski definition) is 3. The van der Waals surface area contributed by atoms with Gasteiger partial charge in [0.15, 0.2) is 5.13 Å². The molecule has 0 bridgehead atoms. The van der Waals surface area contributed by atoms with Gasteiger partial charge in [0.1, 0.15) is 11.4 Å². The molecule has 0 radical (unpaired) electrons. The van der Waals surface area contributed by atoms with Gasteiger partial charge in [0.25, 0.3) is 5.91 Å². The number of nitrogens with zero attached hydrogens (tertiary/aromatic N) is 1. The molecule has 8 heteroatoms. The highest BCUT2D eigenvalue weighted by atomic mass is 32.1. The number of thiazole rings is 1. The Labute approximate surface area is 125 Å². The van der Waals surface area contributed by atoms with E-state index in [9.17, 15) is 9.59 Å². The van der Waals surface area contributed by atoms with Crippen molar-refractivity contribution in [2.75, 3.05) is 23.5 Å². The average Bonchev–Trinajstić information content (AvgIpc) is 2.85. The van der Waals surface area contributed by atoms with Crippen molar-refractivity contribution in [3.05, 3.63) is 29.3 Å². The highest BCUT2D eigenvalue weighted by Crippen LogP contribution is 2.28. The molecule has 0 unspecified atom stereocenters. The maximum Gasteiger partial charge on any atom is 0.275 e. The molecule has 2 amide bonds. The van der Waals surface area contributed by atoms with Crippen LogP contribution in [0.4, 0.5) is 16.5 Å². The quantitative estimate of drug-likeness (QED) is 0.800. The van der Waals surface area contributed by atoms with Crippen LogP contribution in [0.2, 0.25) is 0 Å². The molecule has 0 fully saturated rings. The third kappa shape index (κ3) is 3.69. The van der Waals surface area contributed by atoms with Gasteiger partial charge in [-0.2, -0.15) is 0 Å². The van der Waals surface area contributed by atoms with Crippen molar-refractivity contribution in [3.63, 3.8) is 0 Å². The monoisotopic (exact) mass is 306 g/mol. The van der Waals surface area contributed by atoms with Crippen LogP contribution in [0.3, 0.4) is 0 Å². The SMILES string of the molecule is COc1ccc(NC(C)=O)cc1NC(=O)c1csc(N)n1. The van der Waals surface area contributed by atoms with E-state index in [0.717, 1.165) is 0 Å². The van der Waals surface area contributed by atoms with Gasteiger partial charge in [-0.3, -0.25) is 9.59 Å². The minimum atomic E-state index is -0.402. The lowest BCUT2D eigenvalue weighted by molar-refractivity contribution is -0.114. The molecular weight excluding hydrogens is 292 g/mol. The Morgan fingerprint density at radius 3 is 2.67 bits per heavy atom. The Balaban J connectivity index is 2.24. The van der Waals surface area contributed by atoms with E-state index in [-0.39, 0.29) is 11.6 Å². The fourth-order valence-corrected chi connectivity index (χ4v) is 2.21. The summed E-state index contributed by atoms with van der Waals surface area (Å²) >= 11 is 1.18. The van der Waals surface area contributed by atoms with Crippen LogP contribution in [0, 0.1) is 0 Å². The van der Waals surface area contributed by atoms with Gasteiger partial charge < -0.3 is 21.1 Å². The number of rotatable bonds is 4. The zero-order valence-electron chi connectivity index (χ0n) is 11.5. The second kappa shape index (κ2) is 6.23. The topological polar surface area (TPSA) is 106 Å². The van der Waals surface area contributed by atoms with E-state index in [1.807, 2.05) is 0 Å². The molecule has 0 aliphatic carbocycles. The molecule has 2 aromatic rings. The Hall–Kier alpha value is -2.61. The summed E-state index contributed by atoms with van der Waals surface area (Å²) in [6.45, 7) is 1.40. The van der Waals surface area contributed by atoms with E-state index in [2.05, 4.69) is 15.6 Å². The van der Waals surface area contributed by atoms with Crippen LogP contribution in [0.1, 0.15) is 17.4 Å². The molecule has 0 saturated carbocycles. The highest BCUT2D eigenvalue weighted by molar-refractivity contribution is 7.13. The molecule has 0 spiro atoms.